The Hall–Kier alpha value is -2.02. The third-order valence-corrected chi connectivity index (χ3v) is 6.18. The van der Waals surface area contributed by atoms with Gasteiger partial charge in [-0.15, -0.1) is 0 Å². The molecule has 1 atom stereocenters. The maximum Gasteiger partial charge on any atom is 0.255 e. The molecule has 3 aliphatic heterocycles. The lowest BCUT2D eigenvalue weighted by atomic mass is 9.78. The molecule has 1 unspecified atom stereocenters. The second-order valence-corrected chi connectivity index (χ2v) is 7.83. The van der Waals surface area contributed by atoms with Crippen LogP contribution >= 0.6 is 0 Å². The van der Waals surface area contributed by atoms with Gasteiger partial charge in [-0.3, -0.25) is 9.59 Å². The highest BCUT2D eigenvalue weighted by Crippen LogP contribution is 2.40. The topological polar surface area (TPSA) is 69.6 Å². The van der Waals surface area contributed by atoms with Gasteiger partial charge in [-0.2, -0.15) is 10.2 Å². The number of carbonyl (C=O) groups excluding carboxylic acids is 2. The molecule has 0 N–H and O–H groups in total. The first kappa shape index (κ1) is 17.4. The zero-order valence-corrected chi connectivity index (χ0v) is 15.3. The largest absolute Gasteiger partial charge is 0.341 e. The Labute approximate surface area is 154 Å². The van der Waals surface area contributed by atoms with Crippen molar-refractivity contribution >= 4 is 11.8 Å². The number of carbonyl (C=O) groups is 2. The summed E-state index contributed by atoms with van der Waals surface area (Å²) in [5.74, 6) is 0.212. The first-order valence-corrected chi connectivity index (χ1v) is 9.76. The predicted molar refractivity (Wildman–Crippen MR) is 96.5 cm³/mol. The second-order valence-electron chi connectivity index (χ2n) is 7.83. The lowest BCUT2D eigenvalue weighted by Gasteiger charge is -2.39. The van der Waals surface area contributed by atoms with Gasteiger partial charge in [-0.1, -0.05) is 0 Å². The van der Waals surface area contributed by atoms with Crippen LogP contribution in [0.1, 0.15) is 42.5 Å². The molecule has 0 aromatic carbocycles. The SMILES string of the molecule is O=C(c1ccnnc1)N1CCCC2(CCN(CCN3CCCC3)C2=O)C1. The Kier molecular flexibility index (Phi) is 4.89. The average Bonchev–Trinajstić information content (AvgIpc) is 3.30. The molecule has 0 radical (unpaired) electrons. The highest BCUT2D eigenvalue weighted by molar-refractivity contribution is 5.94. The number of rotatable bonds is 4. The number of piperidine rings is 1. The van der Waals surface area contributed by atoms with Gasteiger partial charge in [0.15, 0.2) is 0 Å². The fourth-order valence-electron chi connectivity index (χ4n) is 4.66. The molecular weight excluding hydrogens is 330 g/mol. The molecule has 1 spiro atoms. The average molecular weight is 357 g/mol. The van der Waals surface area contributed by atoms with E-state index in [1.54, 1.807) is 6.07 Å². The van der Waals surface area contributed by atoms with Crippen molar-refractivity contribution < 1.29 is 9.59 Å². The summed E-state index contributed by atoms with van der Waals surface area (Å²) in [4.78, 5) is 32.2. The molecule has 3 saturated heterocycles. The monoisotopic (exact) mass is 357 g/mol. The van der Waals surface area contributed by atoms with E-state index in [1.165, 1.54) is 25.2 Å². The van der Waals surface area contributed by atoms with E-state index in [4.69, 9.17) is 0 Å². The number of hydrogen-bond acceptors (Lipinski definition) is 5. The Balaban J connectivity index is 1.40. The molecule has 7 nitrogen and oxygen atoms in total. The number of likely N-dealkylation sites (tertiary alicyclic amines) is 3. The van der Waals surface area contributed by atoms with Gasteiger partial charge in [0.2, 0.25) is 5.91 Å². The van der Waals surface area contributed by atoms with Gasteiger partial charge in [0.05, 0.1) is 23.4 Å². The molecule has 7 heteroatoms. The van der Waals surface area contributed by atoms with Crippen molar-refractivity contribution in [2.24, 2.45) is 5.41 Å². The molecular formula is C19H27N5O2. The van der Waals surface area contributed by atoms with Crippen LogP contribution in [-0.2, 0) is 4.79 Å². The quantitative estimate of drug-likeness (QED) is 0.805. The van der Waals surface area contributed by atoms with Gasteiger partial charge in [-0.05, 0) is 51.3 Å². The third-order valence-electron chi connectivity index (χ3n) is 6.18. The summed E-state index contributed by atoms with van der Waals surface area (Å²) >= 11 is 0. The lowest BCUT2D eigenvalue weighted by molar-refractivity contribution is -0.138. The van der Waals surface area contributed by atoms with Crippen molar-refractivity contribution in [1.82, 2.24) is 24.9 Å². The van der Waals surface area contributed by atoms with Crippen LogP contribution in [0, 0.1) is 5.41 Å². The molecule has 3 aliphatic rings. The maximum absolute atomic E-state index is 13.1. The standard InChI is InChI=1S/C19H27N5O2/c25-17(16-4-7-20-21-14-16)24-10-3-5-19(15-24)6-11-23(18(19)26)13-12-22-8-1-2-9-22/h4,7,14H,1-3,5-6,8-13,15H2. The van der Waals surface area contributed by atoms with Crippen molar-refractivity contribution in [1.29, 1.82) is 0 Å². The van der Waals surface area contributed by atoms with E-state index in [0.717, 1.165) is 52.0 Å². The zero-order chi connectivity index (χ0) is 18.0. The molecule has 2 amide bonds. The van der Waals surface area contributed by atoms with E-state index in [2.05, 4.69) is 15.1 Å². The summed E-state index contributed by atoms with van der Waals surface area (Å²) in [6.45, 7) is 6.20. The van der Waals surface area contributed by atoms with Crippen molar-refractivity contribution in [3.63, 3.8) is 0 Å². The Morgan fingerprint density at radius 2 is 1.88 bits per heavy atom. The molecule has 1 aromatic rings. The minimum atomic E-state index is -0.376. The molecule has 0 bridgehead atoms. The van der Waals surface area contributed by atoms with Crippen molar-refractivity contribution in [2.75, 3.05) is 45.8 Å². The second kappa shape index (κ2) is 7.31. The number of nitrogens with zero attached hydrogens (tertiary/aromatic N) is 5. The van der Waals surface area contributed by atoms with E-state index in [9.17, 15) is 9.59 Å². The van der Waals surface area contributed by atoms with E-state index < -0.39 is 0 Å². The summed E-state index contributed by atoms with van der Waals surface area (Å²) in [6.07, 6.45) is 8.23. The maximum atomic E-state index is 13.1. The van der Waals surface area contributed by atoms with Crippen molar-refractivity contribution in [2.45, 2.75) is 32.1 Å². The molecule has 0 saturated carbocycles. The Bertz CT molecular complexity index is 661. The summed E-state index contributed by atoms with van der Waals surface area (Å²) in [5, 5.41) is 7.53. The minimum Gasteiger partial charge on any atom is -0.341 e. The van der Waals surface area contributed by atoms with E-state index in [-0.39, 0.29) is 17.2 Å². The van der Waals surface area contributed by atoms with E-state index in [1.807, 2.05) is 9.80 Å². The molecule has 1 aromatic heterocycles. The van der Waals surface area contributed by atoms with Gasteiger partial charge in [-0.25, -0.2) is 0 Å². The Morgan fingerprint density at radius 1 is 1.04 bits per heavy atom. The van der Waals surface area contributed by atoms with Gasteiger partial charge in [0, 0.05) is 32.7 Å². The normalized spacial score (nSPS) is 26.8. The van der Waals surface area contributed by atoms with Crippen LogP contribution in [0.4, 0.5) is 0 Å². The van der Waals surface area contributed by atoms with E-state index >= 15 is 0 Å². The van der Waals surface area contributed by atoms with Crippen LogP contribution < -0.4 is 0 Å². The van der Waals surface area contributed by atoms with Crippen LogP contribution in [0.3, 0.4) is 0 Å². The molecule has 0 aliphatic carbocycles. The van der Waals surface area contributed by atoms with Crippen molar-refractivity contribution in [3.8, 4) is 0 Å². The fourth-order valence-corrected chi connectivity index (χ4v) is 4.66. The number of amides is 2. The highest BCUT2D eigenvalue weighted by atomic mass is 16.2. The Morgan fingerprint density at radius 3 is 2.65 bits per heavy atom. The summed E-state index contributed by atoms with van der Waals surface area (Å²) in [5.41, 5.74) is 0.174. The summed E-state index contributed by atoms with van der Waals surface area (Å²) in [7, 11) is 0. The smallest absolute Gasteiger partial charge is 0.255 e. The van der Waals surface area contributed by atoms with Crippen LogP contribution in [0.5, 0.6) is 0 Å². The molecule has 3 fully saturated rings. The highest BCUT2D eigenvalue weighted by Gasteiger charge is 2.49. The van der Waals surface area contributed by atoms with Gasteiger partial charge >= 0.3 is 0 Å². The first-order valence-electron chi connectivity index (χ1n) is 9.76. The van der Waals surface area contributed by atoms with Crippen LogP contribution in [0.2, 0.25) is 0 Å². The number of aromatic nitrogens is 2. The van der Waals surface area contributed by atoms with Crippen LogP contribution in [0.15, 0.2) is 18.5 Å². The molecule has 4 heterocycles. The number of hydrogen-bond donors (Lipinski definition) is 0. The molecule has 4 rings (SSSR count). The minimum absolute atomic E-state index is 0.0395. The van der Waals surface area contributed by atoms with Gasteiger partial charge in [0.25, 0.3) is 5.91 Å². The summed E-state index contributed by atoms with van der Waals surface area (Å²) in [6, 6.07) is 1.69. The van der Waals surface area contributed by atoms with Crippen LogP contribution in [0.25, 0.3) is 0 Å². The zero-order valence-electron chi connectivity index (χ0n) is 15.3. The lowest BCUT2D eigenvalue weighted by Crippen LogP contribution is -2.50. The van der Waals surface area contributed by atoms with E-state index in [0.29, 0.717) is 18.7 Å². The third kappa shape index (κ3) is 3.32. The van der Waals surface area contributed by atoms with Crippen LogP contribution in [-0.4, -0.2) is 82.5 Å². The predicted octanol–water partition coefficient (Wildman–Crippen LogP) is 1.03. The fraction of sp³-hybridized carbons (Fsp3) is 0.684. The van der Waals surface area contributed by atoms with Crippen molar-refractivity contribution in [3.05, 3.63) is 24.0 Å². The first-order chi connectivity index (χ1) is 12.7. The molecule has 26 heavy (non-hydrogen) atoms. The van der Waals surface area contributed by atoms with Gasteiger partial charge in [0.1, 0.15) is 0 Å². The van der Waals surface area contributed by atoms with Gasteiger partial charge < -0.3 is 14.7 Å². The summed E-state index contributed by atoms with van der Waals surface area (Å²) < 4.78 is 0. The molecule has 140 valence electrons.